The van der Waals surface area contributed by atoms with E-state index in [1.807, 2.05) is 38.1 Å². The normalized spacial score (nSPS) is 17.7. The van der Waals surface area contributed by atoms with Crippen LogP contribution in [0.25, 0.3) is 0 Å². The molecule has 1 fully saturated rings. The first kappa shape index (κ1) is 21.7. The molecule has 0 bridgehead atoms. The van der Waals surface area contributed by atoms with E-state index < -0.39 is 5.25 Å². The molecule has 1 atom stereocenters. The Morgan fingerprint density at radius 2 is 1.97 bits per heavy atom. The number of methoxy groups -OCH3 is 1. The summed E-state index contributed by atoms with van der Waals surface area (Å²) in [5.74, 6) is 1.05. The number of thioether (sulfide) groups is 1. The minimum atomic E-state index is -0.562. The van der Waals surface area contributed by atoms with Crippen LogP contribution in [0.4, 0.5) is 11.4 Å². The molecule has 8 heteroatoms. The number of anilines is 1. The molecule has 0 radical (unpaired) electrons. The highest BCUT2D eigenvalue weighted by molar-refractivity contribution is 8.15. The summed E-state index contributed by atoms with van der Waals surface area (Å²) < 4.78 is 10.6. The van der Waals surface area contributed by atoms with Crippen molar-refractivity contribution in [3.63, 3.8) is 0 Å². The molecule has 0 spiro atoms. The van der Waals surface area contributed by atoms with Crippen LogP contribution in [0.1, 0.15) is 20.3 Å². The number of nitrogens with zero attached hydrogens (tertiary/aromatic N) is 2. The van der Waals surface area contributed by atoms with E-state index in [0.717, 1.165) is 5.75 Å². The molecule has 158 valence electrons. The summed E-state index contributed by atoms with van der Waals surface area (Å²) >= 11 is 1.30. The summed E-state index contributed by atoms with van der Waals surface area (Å²) in [6.07, 6.45) is 0.122. The summed E-state index contributed by atoms with van der Waals surface area (Å²) in [5, 5.41) is 2.84. The smallest absolute Gasteiger partial charge is 0.238 e. The van der Waals surface area contributed by atoms with Gasteiger partial charge in [0.05, 0.1) is 19.4 Å². The Labute approximate surface area is 180 Å². The third-order valence-electron chi connectivity index (χ3n) is 4.46. The van der Waals surface area contributed by atoms with Gasteiger partial charge in [-0.1, -0.05) is 17.8 Å². The van der Waals surface area contributed by atoms with Crippen LogP contribution in [0.3, 0.4) is 0 Å². The lowest BCUT2D eigenvalue weighted by molar-refractivity contribution is -0.129. The molecule has 2 aromatic carbocycles. The van der Waals surface area contributed by atoms with Crippen LogP contribution >= 0.6 is 11.8 Å². The number of amides is 2. The molecule has 2 aromatic rings. The Kier molecular flexibility index (Phi) is 7.35. The van der Waals surface area contributed by atoms with Gasteiger partial charge in [-0.2, -0.15) is 0 Å². The van der Waals surface area contributed by atoms with Crippen molar-refractivity contribution in [1.82, 2.24) is 4.90 Å². The second-order valence-corrected chi connectivity index (χ2v) is 7.66. The average Bonchev–Trinajstić information content (AvgIpc) is 2.74. The fourth-order valence-electron chi connectivity index (χ4n) is 2.97. The van der Waals surface area contributed by atoms with Gasteiger partial charge in [-0.25, -0.2) is 4.99 Å². The minimum absolute atomic E-state index is 0.119. The Hall–Kier alpha value is -3.00. The zero-order chi connectivity index (χ0) is 21.5. The van der Waals surface area contributed by atoms with Gasteiger partial charge in [0, 0.05) is 24.7 Å². The number of nitrogens with one attached hydrogen (secondary N) is 1. The van der Waals surface area contributed by atoms with Gasteiger partial charge in [0.15, 0.2) is 5.17 Å². The molecule has 1 heterocycles. The van der Waals surface area contributed by atoms with Crippen LogP contribution in [0, 0.1) is 0 Å². The molecule has 30 heavy (non-hydrogen) atoms. The van der Waals surface area contributed by atoms with Crippen molar-refractivity contribution in [3.8, 4) is 11.5 Å². The highest BCUT2D eigenvalue weighted by Crippen LogP contribution is 2.30. The monoisotopic (exact) mass is 427 g/mol. The van der Waals surface area contributed by atoms with Crippen molar-refractivity contribution in [2.75, 3.05) is 25.6 Å². The van der Waals surface area contributed by atoms with Crippen molar-refractivity contribution in [2.24, 2.45) is 4.99 Å². The molecular weight excluding hydrogens is 402 g/mol. The molecule has 1 aliphatic heterocycles. The Morgan fingerprint density at radius 1 is 1.20 bits per heavy atom. The topological polar surface area (TPSA) is 80.2 Å². The van der Waals surface area contributed by atoms with Gasteiger partial charge in [-0.15, -0.1) is 0 Å². The standard InChI is InChI=1S/C22H25N3O4S/c1-4-25-20(26)14-19(21(27)23-16-7-6-8-18(13-16)29-5-2)30-22(25)24-15-9-11-17(28-3)12-10-15/h6-13,19H,4-5,14H2,1-3H3,(H,23,27)/t19-/m1/s1. The predicted octanol–water partition coefficient (Wildman–Crippen LogP) is 4.07. The Bertz CT molecular complexity index is 930. The fourth-order valence-corrected chi connectivity index (χ4v) is 4.14. The third-order valence-corrected chi connectivity index (χ3v) is 5.65. The molecular formula is C22H25N3O4S. The maximum absolute atomic E-state index is 12.8. The Morgan fingerprint density at radius 3 is 2.63 bits per heavy atom. The highest BCUT2D eigenvalue weighted by atomic mass is 32.2. The van der Waals surface area contributed by atoms with Crippen LogP contribution in [0.15, 0.2) is 53.5 Å². The van der Waals surface area contributed by atoms with Gasteiger partial charge < -0.3 is 14.8 Å². The quantitative estimate of drug-likeness (QED) is 0.720. The third kappa shape index (κ3) is 5.33. The number of carbonyl (C=O) groups is 2. The minimum Gasteiger partial charge on any atom is -0.497 e. The van der Waals surface area contributed by atoms with Crippen molar-refractivity contribution >= 4 is 40.1 Å². The first-order chi connectivity index (χ1) is 14.5. The summed E-state index contributed by atoms with van der Waals surface area (Å²) in [5.41, 5.74) is 1.32. The maximum atomic E-state index is 12.8. The van der Waals surface area contributed by atoms with E-state index in [0.29, 0.717) is 35.4 Å². The lowest BCUT2D eigenvalue weighted by Gasteiger charge is -2.30. The number of aliphatic imine (C=N–C) groups is 1. The van der Waals surface area contributed by atoms with E-state index in [2.05, 4.69) is 10.3 Å². The molecule has 0 aromatic heterocycles. The predicted molar refractivity (Wildman–Crippen MR) is 120 cm³/mol. The number of carbonyl (C=O) groups excluding carboxylic acids is 2. The average molecular weight is 428 g/mol. The van der Waals surface area contributed by atoms with Crippen LogP contribution in [0.5, 0.6) is 11.5 Å². The molecule has 0 unspecified atom stereocenters. The largest absolute Gasteiger partial charge is 0.497 e. The van der Waals surface area contributed by atoms with Crippen LogP contribution in [-0.2, 0) is 9.59 Å². The summed E-state index contributed by atoms with van der Waals surface area (Å²) in [6, 6.07) is 14.4. The number of hydrogen-bond donors (Lipinski definition) is 1. The molecule has 0 aliphatic carbocycles. The zero-order valence-electron chi connectivity index (χ0n) is 17.3. The van der Waals surface area contributed by atoms with Crippen LogP contribution in [-0.4, -0.2) is 47.4 Å². The van der Waals surface area contributed by atoms with E-state index in [-0.39, 0.29) is 18.2 Å². The van der Waals surface area contributed by atoms with Gasteiger partial charge in [0.1, 0.15) is 16.7 Å². The Balaban J connectivity index is 1.77. The van der Waals surface area contributed by atoms with E-state index in [4.69, 9.17) is 9.47 Å². The lowest BCUT2D eigenvalue weighted by atomic mass is 10.2. The van der Waals surface area contributed by atoms with Gasteiger partial charge in [-0.05, 0) is 50.2 Å². The van der Waals surface area contributed by atoms with E-state index >= 15 is 0 Å². The molecule has 0 saturated carbocycles. The number of benzene rings is 2. The first-order valence-electron chi connectivity index (χ1n) is 9.77. The van der Waals surface area contributed by atoms with Gasteiger partial charge in [-0.3, -0.25) is 14.5 Å². The lowest BCUT2D eigenvalue weighted by Crippen LogP contribution is -2.45. The van der Waals surface area contributed by atoms with Crippen molar-refractivity contribution < 1.29 is 19.1 Å². The molecule has 2 amide bonds. The molecule has 1 aliphatic rings. The van der Waals surface area contributed by atoms with E-state index in [1.165, 1.54) is 11.8 Å². The molecule has 3 rings (SSSR count). The highest BCUT2D eigenvalue weighted by Gasteiger charge is 2.35. The second kappa shape index (κ2) is 10.2. The van der Waals surface area contributed by atoms with Gasteiger partial charge in [0.25, 0.3) is 0 Å². The first-order valence-corrected chi connectivity index (χ1v) is 10.7. The van der Waals surface area contributed by atoms with Gasteiger partial charge in [0.2, 0.25) is 11.8 Å². The maximum Gasteiger partial charge on any atom is 0.238 e. The summed E-state index contributed by atoms with van der Waals surface area (Å²) in [6.45, 7) is 4.83. The van der Waals surface area contributed by atoms with Crippen molar-refractivity contribution in [1.29, 1.82) is 0 Å². The van der Waals surface area contributed by atoms with E-state index in [9.17, 15) is 9.59 Å². The van der Waals surface area contributed by atoms with Crippen molar-refractivity contribution in [3.05, 3.63) is 48.5 Å². The zero-order valence-corrected chi connectivity index (χ0v) is 18.1. The van der Waals surface area contributed by atoms with Crippen LogP contribution < -0.4 is 14.8 Å². The SMILES string of the molecule is CCOc1cccc(NC(=O)[C@H]2CC(=O)N(CC)C(=Nc3ccc(OC)cc3)S2)c1. The summed E-state index contributed by atoms with van der Waals surface area (Å²) in [4.78, 5) is 31.7. The number of ether oxygens (including phenoxy) is 2. The van der Waals surface area contributed by atoms with E-state index in [1.54, 1.807) is 36.3 Å². The number of hydrogen-bond acceptors (Lipinski definition) is 6. The van der Waals surface area contributed by atoms with Crippen molar-refractivity contribution in [2.45, 2.75) is 25.5 Å². The summed E-state index contributed by atoms with van der Waals surface area (Å²) in [7, 11) is 1.60. The second-order valence-electron chi connectivity index (χ2n) is 6.49. The van der Waals surface area contributed by atoms with Crippen LogP contribution in [0.2, 0.25) is 0 Å². The number of amidine groups is 1. The number of rotatable bonds is 7. The molecule has 7 nitrogen and oxygen atoms in total. The fraction of sp³-hybridized carbons (Fsp3) is 0.318. The van der Waals surface area contributed by atoms with Gasteiger partial charge >= 0.3 is 0 Å². The molecule has 1 saturated heterocycles. The molecule has 1 N–H and O–H groups in total.